The number of anilines is 1. The maximum absolute atomic E-state index is 13.5. The molecule has 0 bridgehead atoms. The Bertz CT molecular complexity index is 1590. The number of ether oxygens (including phenoxy) is 3. The van der Waals surface area contributed by atoms with Gasteiger partial charge in [-0.05, 0) is 82.9 Å². The first-order valence-corrected chi connectivity index (χ1v) is 17.1. The summed E-state index contributed by atoms with van der Waals surface area (Å²) in [6.45, 7) is 6.37. The van der Waals surface area contributed by atoms with Crippen molar-refractivity contribution in [2.24, 2.45) is 0 Å². The van der Waals surface area contributed by atoms with Crippen LogP contribution in [0.5, 0.6) is 17.2 Å². The molecule has 0 unspecified atom stereocenters. The van der Waals surface area contributed by atoms with E-state index in [2.05, 4.69) is 10.3 Å². The second-order valence-electron chi connectivity index (χ2n) is 11.9. The highest BCUT2D eigenvalue weighted by Gasteiger charge is 2.28. The van der Waals surface area contributed by atoms with Crippen LogP contribution in [0.2, 0.25) is 0 Å². The van der Waals surface area contributed by atoms with Crippen LogP contribution in [0.15, 0.2) is 47.4 Å². The van der Waals surface area contributed by atoms with E-state index >= 15 is 0 Å². The Hall–Kier alpha value is -3.64. The summed E-state index contributed by atoms with van der Waals surface area (Å²) in [6, 6.07) is 11.2. The van der Waals surface area contributed by atoms with Crippen LogP contribution in [0.4, 0.5) is 9.93 Å². The van der Waals surface area contributed by atoms with Crippen LogP contribution in [-0.4, -0.2) is 54.8 Å². The number of benzene rings is 2. The van der Waals surface area contributed by atoms with Crippen molar-refractivity contribution in [2.75, 3.05) is 18.1 Å². The van der Waals surface area contributed by atoms with E-state index in [9.17, 15) is 18.0 Å². The molecule has 1 aromatic heterocycles. The fourth-order valence-electron chi connectivity index (χ4n) is 5.00. The Morgan fingerprint density at radius 3 is 2.37 bits per heavy atom. The van der Waals surface area contributed by atoms with Crippen LogP contribution in [0.1, 0.15) is 73.8 Å². The monoisotopic (exact) mass is 627 g/mol. The number of thiazole rings is 1. The summed E-state index contributed by atoms with van der Waals surface area (Å²) < 4.78 is 41.5. The van der Waals surface area contributed by atoms with Crippen molar-refractivity contribution in [1.29, 1.82) is 0 Å². The first-order chi connectivity index (χ1) is 20.3. The van der Waals surface area contributed by atoms with Gasteiger partial charge < -0.3 is 19.1 Å². The molecular formula is C31H37N3O7S2. The highest BCUT2D eigenvalue weighted by Crippen LogP contribution is 2.33. The standard InChI is InChI=1S/C31H37N3O7S2/c1-31(2,3)41-30(36)34-15-14-26-27(19-34)42-29(32-26)33-28(35)20-16-23(39-21-8-6-5-7-9-21)18-24(17-20)40-22-10-12-25(13-11-22)43(4,37)38/h10-13,16-18,21H,5-9,14-15,19H2,1-4H3,(H,32,33,35). The number of nitrogens with one attached hydrogen (secondary N) is 1. The first-order valence-electron chi connectivity index (χ1n) is 14.4. The van der Waals surface area contributed by atoms with Crippen molar-refractivity contribution in [3.8, 4) is 17.2 Å². The van der Waals surface area contributed by atoms with Gasteiger partial charge in [-0.1, -0.05) is 17.8 Å². The predicted octanol–water partition coefficient (Wildman–Crippen LogP) is 6.60. The minimum atomic E-state index is -3.34. The molecule has 0 atom stereocenters. The SMILES string of the molecule is CC(C)(C)OC(=O)N1CCc2nc(NC(=O)c3cc(Oc4ccc(S(C)(=O)=O)cc4)cc(OC4CCCCC4)c3)sc2C1. The highest BCUT2D eigenvalue weighted by atomic mass is 32.2. The summed E-state index contributed by atoms with van der Waals surface area (Å²) in [6.07, 6.45) is 6.69. The number of carbonyl (C=O) groups excluding carboxylic acids is 2. The molecule has 2 aromatic carbocycles. The molecule has 1 fully saturated rings. The largest absolute Gasteiger partial charge is 0.490 e. The van der Waals surface area contributed by atoms with Gasteiger partial charge in [0.1, 0.15) is 22.8 Å². The van der Waals surface area contributed by atoms with Crippen molar-refractivity contribution >= 4 is 38.3 Å². The van der Waals surface area contributed by atoms with E-state index in [1.165, 1.54) is 29.9 Å². The third-order valence-corrected chi connectivity index (χ3v) is 9.21. The third kappa shape index (κ3) is 8.26. The molecule has 2 aliphatic rings. The zero-order chi connectivity index (χ0) is 30.8. The maximum atomic E-state index is 13.5. The van der Waals surface area contributed by atoms with E-state index < -0.39 is 15.4 Å². The van der Waals surface area contributed by atoms with Gasteiger partial charge in [-0.2, -0.15) is 0 Å². The normalized spacial score (nSPS) is 15.9. The molecule has 1 saturated carbocycles. The quantitative estimate of drug-likeness (QED) is 0.311. The summed E-state index contributed by atoms with van der Waals surface area (Å²) in [5.74, 6) is 0.961. The van der Waals surface area contributed by atoms with Crippen LogP contribution in [0.3, 0.4) is 0 Å². The Labute approximate surface area is 256 Å². The van der Waals surface area contributed by atoms with Crippen LogP contribution >= 0.6 is 11.3 Å². The van der Waals surface area contributed by atoms with Crippen molar-refractivity contribution in [3.63, 3.8) is 0 Å². The number of nitrogens with zero attached hydrogens (tertiary/aromatic N) is 2. The van der Waals surface area contributed by atoms with Gasteiger partial charge in [0, 0.05) is 35.7 Å². The number of aromatic nitrogens is 1. The fraction of sp³-hybridized carbons (Fsp3) is 0.452. The van der Waals surface area contributed by atoms with Gasteiger partial charge in [-0.25, -0.2) is 18.2 Å². The van der Waals surface area contributed by atoms with Crippen LogP contribution < -0.4 is 14.8 Å². The molecule has 3 aromatic rings. The topological polar surface area (TPSA) is 124 Å². The molecule has 2 amide bonds. The summed E-state index contributed by atoms with van der Waals surface area (Å²) in [7, 11) is -3.34. The van der Waals surface area contributed by atoms with Gasteiger partial charge in [0.15, 0.2) is 15.0 Å². The Morgan fingerprint density at radius 1 is 1.00 bits per heavy atom. The summed E-state index contributed by atoms with van der Waals surface area (Å²) in [5.41, 5.74) is 0.609. The lowest BCUT2D eigenvalue weighted by Crippen LogP contribution is -2.39. The van der Waals surface area contributed by atoms with Crippen molar-refractivity contribution in [3.05, 3.63) is 58.6 Å². The summed E-state index contributed by atoms with van der Waals surface area (Å²) in [4.78, 5) is 33.4. The third-order valence-electron chi connectivity index (χ3n) is 7.09. The number of fused-ring (bicyclic) bond motifs is 1. The Kier molecular flexibility index (Phi) is 8.98. The number of hydrogen-bond acceptors (Lipinski definition) is 9. The van der Waals surface area contributed by atoms with E-state index in [-0.39, 0.29) is 23.0 Å². The number of hydrogen-bond donors (Lipinski definition) is 1. The Morgan fingerprint density at radius 2 is 1.70 bits per heavy atom. The number of carbonyl (C=O) groups is 2. The van der Waals surface area contributed by atoms with E-state index in [0.29, 0.717) is 47.5 Å². The zero-order valence-corrected chi connectivity index (χ0v) is 26.5. The van der Waals surface area contributed by atoms with Gasteiger partial charge in [-0.3, -0.25) is 10.1 Å². The molecule has 2 heterocycles. The molecule has 1 aliphatic heterocycles. The van der Waals surface area contributed by atoms with Gasteiger partial charge in [-0.15, -0.1) is 0 Å². The number of rotatable bonds is 7. The Balaban J connectivity index is 1.33. The van der Waals surface area contributed by atoms with E-state index in [1.54, 1.807) is 35.2 Å². The lowest BCUT2D eigenvalue weighted by molar-refractivity contribution is 0.0225. The molecule has 12 heteroatoms. The number of sulfone groups is 1. The lowest BCUT2D eigenvalue weighted by Gasteiger charge is -2.29. The van der Waals surface area contributed by atoms with E-state index in [4.69, 9.17) is 14.2 Å². The second kappa shape index (κ2) is 12.5. The van der Waals surface area contributed by atoms with Crippen LogP contribution in [-0.2, 0) is 27.5 Å². The molecule has 0 saturated heterocycles. The smallest absolute Gasteiger partial charge is 0.410 e. The van der Waals surface area contributed by atoms with E-state index in [1.807, 2.05) is 20.8 Å². The summed E-state index contributed by atoms with van der Waals surface area (Å²) in [5, 5.41) is 3.34. The average molecular weight is 628 g/mol. The zero-order valence-electron chi connectivity index (χ0n) is 24.8. The van der Waals surface area contributed by atoms with Gasteiger partial charge >= 0.3 is 6.09 Å². The summed E-state index contributed by atoms with van der Waals surface area (Å²) >= 11 is 1.34. The van der Waals surface area contributed by atoms with Crippen molar-refractivity contribution in [1.82, 2.24) is 9.88 Å². The second-order valence-corrected chi connectivity index (χ2v) is 15.0. The van der Waals surface area contributed by atoms with Gasteiger partial charge in [0.2, 0.25) is 0 Å². The maximum Gasteiger partial charge on any atom is 0.410 e. The van der Waals surface area contributed by atoms with Crippen LogP contribution in [0.25, 0.3) is 0 Å². The minimum absolute atomic E-state index is 0.0626. The molecule has 230 valence electrons. The highest BCUT2D eigenvalue weighted by molar-refractivity contribution is 7.90. The molecule has 10 nitrogen and oxygen atoms in total. The molecule has 0 radical (unpaired) electrons. The van der Waals surface area contributed by atoms with Crippen molar-refractivity contribution < 1.29 is 32.2 Å². The molecule has 43 heavy (non-hydrogen) atoms. The van der Waals surface area contributed by atoms with Crippen molar-refractivity contribution in [2.45, 2.75) is 82.4 Å². The molecule has 0 spiro atoms. The average Bonchev–Trinajstić information content (AvgIpc) is 3.34. The van der Waals surface area contributed by atoms with Crippen LogP contribution in [0, 0.1) is 0 Å². The van der Waals surface area contributed by atoms with Gasteiger partial charge in [0.25, 0.3) is 5.91 Å². The molecule has 1 N–H and O–H groups in total. The van der Waals surface area contributed by atoms with Gasteiger partial charge in [0.05, 0.1) is 23.2 Å². The lowest BCUT2D eigenvalue weighted by atomic mass is 9.98. The minimum Gasteiger partial charge on any atom is -0.490 e. The van der Waals surface area contributed by atoms with E-state index in [0.717, 1.165) is 42.5 Å². The first kappa shape index (κ1) is 30.8. The number of amides is 2. The molecule has 5 rings (SSSR count). The molecular weight excluding hydrogens is 590 g/mol. The molecule has 1 aliphatic carbocycles. The predicted molar refractivity (Wildman–Crippen MR) is 164 cm³/mol. The fourth-order valence-corrected chi connectivity index (χ4v) is 6.65.